The fourth-order valence-electron chi connectivity index (χ4n) is 1.36. The Hall–Kier alpha value is -2.04. The van der Waals surface area contributed by atoms with E-state index < -0.39 is 5.97 Å². The van der Waals surface area contributed by atoms with Crippen molar-refractivity contribution in [1.29, 1.82) is 0 Å². The van der Waals surface area contributed by atoms with Gasteiger partial charge in [-0.2, -0.15) is 0 Å². The highest BCUT2D eigenvalue weighted by molar-refractivity contribution is 5.89. The normalized spacial score (nSPS) is 10.6. The zero-order valence-electron chi connectivity index (χ0n) is 7.56. The quantitative estimate of drug-likeness (QED) is 0.702. The highest BCUT2D eigenvalue weighted by atomic mass is 16.4. The number of anilines is 1. The van der Waals surface area contributed by atoms with E-state index in [1.165, 1.54) is 12.4 Å². The van der Waals surface area contributed by atoms with Crippen LogP contribution in [0.5, 0.6) is 0 Å². The van der Waals surface area contributed by atoms with Gasteiger partial charge in [-0.15, -0.1) is 0 Å². The minimum Gasteiger partial charge on any atom is -0.478 e. The van der Waals surface area contributed by atoms with Crippen LogP contribution in [0.15, 0.2) is 18.5 Å². The number of pyridine rings is 1. The molecule has 0 aliphatic carbocycles. The number of aryl methyl sites for hydroxylation is 1. The van der Waals surface area contributed by atoms with Gasteiger partial charge in [-0.3, -0.25) is 4.40 Å². The highest BCUT2D eigenvalue weighted by Crippen LogP contribution is 2.14. The van der Waals surface area contributed by atoms with E-state index in [1.54, 1.807) is 17.4 Å². The van der Waals surface area contributed by atoms with Crippen molar-refractivity contribution in [2.45, 2.75) is 6.92 Å². The molecule has 0 amide bonds. The first-order valence-corrected chi connectivity index (χ1v) is 4.06. The van der Waals surface area contributed by atoms with Crippen molar-refractivity contribution in [2.75, 3.05) is 5.73 Å². The Morgan fingerprint density at radius 2 is 2.36 bits per heavy atom. The molecule has 14 heavy (non-hydrogen) atoms. The van der Waals surface area contributed by atoms with Gasteiger partial charge in [0.1, 0.15) is 11.5 Å². The Bertz CT molecular complexity index is 516. The molecular weight excluding hydrogens is 182 g/mol. The second-order valence-corrected chi connectivity index (χ2v) is 3.09. The predicted octanol–water partition coefficient (Wildman–Crippen LogP) is 0.923. The van der Waals surface area contributed by atoms with Crippen LogP contribution < -0.4 is 5.73 Å². The van der Waals surface area contributed by atoms with E-state index >= 15 is 0 Å². The smallest absolute Gasteiger partial charge is 0.337 e. The standard InChI is InChI=1S/C9H9N3O2/c1-5-2-8-11-3-7(10)12(8)4-6(5)9(13)14/h2-4H,10H2,1H3,(H,13,14). The van der Waals surface area contributed by atoms with Crippen molar-refractivity contribution >= 4 is 17.4 Å². The summed E-state index contributed by atoms with van der Waals surface area (Å²) in [7, 11) is 0. The molecule has 0 aliphatic heterocycles. The fourth-order valence-corrected chi connectivity index (χ4v) is 1.36. The number of aromatic nitrogens is 2. The molecule has 0 saturated carbocycles. The molecule has 5 heteroatoms. The van der Waals surface area contributed by atoms with Crippen molar-refractivity contribution in [3.05, 3.63) is 29.6 Å². The number of carboxylic acid groups (broad SMARTS) is 1. The first-order chi connectivity index (χ1) is 6.59. The summed E-state index contributed by atoms with van der Waals surface area (Å²) >= 11 is 0. The lowest BCUT2D eigenvalue weighted by Crippen LogP contribution is -2.03. The fraction of sp³-hybridized carbons (Fsp3) is 0.111. The number of nitrogen functional groups attached to an aromatic ring is 1. The van der Waals surface area contributed by atoms with Gasteiger partial charge in [-0.25, -0.2) is 9.78 Å². The van der Waals surface area contributed by atoms with E-state index in [4.69, 9.17) is 10.8 Å². The molecule has 0 saturated heterocycles. The van der Waals surface area contributed by atoms with Crippen molar-refractivity contribution in [3.63, 3.8) is 0 Å². The maximum Gasteiger partial charge on any atom is 0.337 e. The number of nitrogens with zero attached hydrogens (tertiary/aromatic N) is 2. The number of nitrogens with two attached hydrogens (primary N) is 1. The maximum absolute atomic E-state index is 10.8. The molecule has 2 aromatic heterocycles. The van der Waals surface area contributed by atoms with Gasteiger partial charge >= 0.3 is 5.97 Å². The summed E-state index contributed by atoms with van der Waals surface area (Å²) in [6, 6.07) is 1.69. The summed E-state index contributed by atoms with van der Waals surface area (Å²) < 4.78 is 1.55. The number of hydrogen-bond acceptors (Lipinski definition) is 3. The SMILES string of the molecule is Cc1cc2ncc(N)n2cc1C(=O)O. The molecule has 0 bridgehead atoms. The third kappa shape index (κ3) is 1.10. The molecule has 0 radical (unpaired) electrons. The van der Waals surface area contributed by atoms with Gasteiger partial charge in [-0.05, 0) is 18.6 Å². The molecule has 0 unspecified atom stereocenters. The Morgan fingerprint density at radius 3 is 3.00 bits per heavy atom. The predicted molar refractivity (Wildman–Crippen MR) is 51.3 cm³/mol. The zero-order chi connectivity index (χ0) is 10.3. The van der Waals surface area contributed by atoms with Crippen LogP contribution >= 0.6 is 0 Å². The summed E-state index contributed by atoms with van der Waals surface area (Å²) in [5.74, 6) is -0.528. The molecule has 2 aromatic rings. The van der Waals surface area contributed by atoms with Crippen LogP contribution in [0.4, 0.5) is 5.82 Å². The molecule has 5 nitrogen and oxygen atoms in total. The molecule has 0 aromatic carbocycles. The van der Waals surface area contributed by atoms with Gasteiger partial charge in [0.2, 0.25) is 0 Å². The van der Waals surface area contributed by atoms with Crippen LogP contribution in [0.3, 0.4) is 0 Å². The lowest BCUT2D eigenvalue weighted by Gasteiger charge is -2.02. The molecule has 0 aliphatic rings. The number of fused-ring (bicyclic) bond motifs is 1. The minimum absolute atomic E-state index is 0.238. The van der Waals surface area contributed by atoms with Crippen molar-refractivity contribution in [3.8, 4) is 0 Å². The third-order valence-electron chi connectivity index (χ3n) is 2.11. The zero-order valence-corrected chi connectivity index (χ0v) is 7.56. The largest absolute Gasteiger partial charge is 0.478 e. The molecule has 2 rings (SSSR count). The molecule has 0 fully saturated rings. The van der Waals surface area contributed by atoms with E-state index in [1.807, 2.05) is 0 Å². The number of imidazole rings is 1. The first kappa shape index (κ1) is 8.55. The van der Waals surface area contributed by atoms with Gasteiger partial charge in [0.25, 0.3) is 0 Å². The summed E-state index contributed by atoms with van der Waals surface area (Å²) in [5.41, 5.74) is 7.17. The van der Waals surface area contributed by atoms with Crippen LogP contribution in [0, 0.1) is 6.92 Å². The Morgan fingerprint density at radius 1 is 1.64 bits per heavy atom. The second kappa shape index (κ2) is 2.73. The van der Waals surface area contributed by atoms with E-state index in [-0.39, 0.29) is 5.56 Å². The lowest BCUT2D eigenvalue weighted by atomic mass is 10.1. The molecule has 3 N–H and O–H groups in total. The number of rotatable bonds is 1. The molecular formula is C9H9N3O2. The summed E-state index contributed by atoms with van der Waals surface area (Å²) in [6.45, 7) is 1.73. The highest BCUT2D eigenvalue weighted by Gasteiger charge is 2.10. The van der Waals surface area contributed by atoms with Crippen molar-refractivity contribution in [1.82, 2.24) is 9.38 Å². The topological polar surface area (TPSA) is 80.6 Å². The van der Waals surface area contributed by atoms with E-state index in [9.17, 15) is 4.79 Å². The number of carboxylic acids is 1. The van der Waals surface area contributed by atoms with E-state index in [2.05, 4.69) is 4.98 Å². The van der Waals surface area contributed by atoms with E-state index in [0.717, 1.165) is 0 Å². The monoisotopic (exact) mass is 191 g/mol. The molecule has 0 spiro atoms. The number of aromatic carboxylic acids is 1. The van der Waals surface area contributed by atoms with Crippen LogP contribution in [-0.2, 0) is 0 Å². The van der Waals surface area contributed by atoms with Crippen LogP contribution in [0.1, 0.15) is 15.9 Å². The lowest BCUT2D eigenvalue weighted by molar-refractivity contribution is 0.0695. The average molecular weight is 191 g/mol. The van der Waals surface area contributed by atoms with Gasteiger partial charge in [0.05, 0.1) is 11.8 Å². The van der Waals surface area contributed by atoms with Crippen LogP contribution in [-0.4, -0.2) is 20.5 Å². The summed E-state index contributed by atoms with van der Waals surface area (Å²) in [5, 5.41) is 8.88. The summed E-state index contributed by atoms with van der Waals surface area (Å²) in [4.78, 5) is 14.8. The van der Waals surface area contributed by atoms with Gasteiger partial charge in [0.15, 0.2) is 0 Å². The molecule has 72 valence electrons. The Labute approximate surface area is 79.8 Å². The van der Waals surface area contributed by atoms with Gasteiger partial charge < -0.3 is 10.8 Å². The maximum atomic E-state index is 10.8. The Balaban J connectivity index is 2.80. The number of hydrogen-bond donors (Lipinski definition) is 2. The molecule has 0 atom stereocenters. The Kier molecular flexibility index (Phi) is 1.67. The van der Waals surface area contributed by atoms with E-state index in [0.29, 0.717) is 17.0 Å². The minimum atomic E-state index is -0.961. The molecule has 2 heterocycles. The van der Waals surface area contributed by atoms with Gasteiger partial charge in [-0.1, -0.05) is 0 Å². The third-order valence-corrected chi connectivity index (χ3v) is 2.11. The average Bonchev–Trinajstić information content (AvgIpc) is 2.46. The summed E-state index contributed by atoms with van der Waals surface area (Å²) in [6.07, 6.45) is 2.98. The van der Waals surface area contributed by atoms with Crippen molar-refractivity contribution < 1.29 is 9.90 Å². The van der Waals surface area contributed by atoms with Gasteiger partial charge in [0, 0.05) is 6.20 Å². The number of carbonyl (C=O) groups is 1. The second-order valence-electron chi connectivity index (χ2n) is 3.09. The first-order valence-electron chi connectivity index (χ1n) is 4.06. The van der Waals surface area contributed by atoms with Crippen LogP contribution in [0.2, 0.25) is 0 Å². The van der Waals surface area contributed by atoms with Crippen LogP contribution in [0.25, 0.3) is 5.65 Å². The van der Waals surface area contributed by atoms with Crippen molar-refractivity contribution in [2.24, 2.45) is 0 Å².